The van der Waals surface area contributed by atoms with Gasteiger partial charge < -0.3 is 5.32 Å². The lowest BCUT2D eigenvalue weighted by Gasteiger charge is -2.31. The minimum Gasteiger partial charge on any atom is -0.317 e. The van der Waals surface area contributed by atoms with Crippen LogP contribution in [0.25, 0.3) is 0 Å². The third-order valence-corrected chi connectivity index (χ3v) is 2.80. The van der Waals surface area contributed by atoms with E-state index in [1.807, 2.05) is 7.05 Å². The molecule has 0 aliphatic heterocycles. The molecule has 0 aliphatic carbocycles. The first kappa shape index (κ1) is 11.7. The minimum atomic E-state index is 0.397. The largest absolute Gasteiger partial charge is 0.317 e. The summed E-state index contributed by atoms with van der Waals surface area (Å²) in [6.45, 7) is 8.96. The molecule has 0 heterocycles. The Bertz CT molecular complexity index is 136. The van der Waals surface area contributed by atoms with Crippen molar-refractivity contribution in [3.05, 3.63) is 12.2 Å². The SMILES string of the molecule is C/C=C/CCC(C)(C)C(C)NC. The molecule has 0 saturated carbocycles. The molecule has 72 valence electrons. The van der Waals surface area contributed by atoms with Crippen LogP contribution < -0.4 is 5.32 Å². The summed E-state index contributed by atoms with van der Waals surface area (Å²) in [6.07, 6.45) is 6.80. The van der Waals surface area contributed by atoms with Gasteiger partial charge >= 0.3 is 0 Å². The van der Waals surface area contributed by atoms with Crippen molar-refractivity contribution in [1.29, 1.82) is 0 Å². The highest BCUT2D eigenvalue weighted by Gasteiger charge is 2.23. The number of hydrogen-bond acceptors (Lipinski definition) is 1. The first-order valence-corrected chi connectivity index (χ1v) is 4.83. The van der Waals surface area contributed by atoms with Gasteiger partial charge in [0.25, 0.3) is 0 Å². The molecule has 0 saturated heterocycles. The van der Waals surface area contributed by atoms with Crippen LogP contribution in [0, 0.1) is 5.41 Å². The average Bonchev–Trinajstić information content (AvgIpc) is 2.03. The van der Waals surface area contributed by atoms with Gasteiger partial charge in [-0.25, -0.2) is 0 Å². The molecule has 0 bridgehead atoms. The smallest absolute Gasteiger partial charge is 0.00870 e. The summed E-state index contributed by atoms with van der Waals surface area (Å²) in [5.74, 6) is 0. The summed E-state index contributed by atoms with van der Waals surface area (Å²) in [7, 11) is 2.03. The molecule has 1 unspecified atom stereocenters. The Hall–Kier alpha value is -0.300. The predicted molar refractivity (Wildman–Crippen MR) is 56.4 cm³/mol. The van der Waals surface area contributed by atoms with Crippen molar-refractivity contribution in [2.24, 2.45) is 5.41 Å². The van der Waals surface area contributed by atoms with E-state index in [1.165, 1.54) is 12.8 Å². The molecule has 0 spiro atoms. The zero-order chi connectivity index (χ0) is 9.61. The van der Waals surface area contributed by atoms with Crippen LogP contribution in [0.4, 0.5) is 0 Å². The number of allylic oxidation sites excluding steroid dienone is 2. The van der Waals surface area contributed by atoms with Crippen LogP contribution in [-0.2, 0) is 0 Å². The van der Waals surface area contributed by atoms with Gasteiger partial charge in [-0.1, -0.05) is 26.0 Å². The Morgan fingerprint density at radius 2 is 2.00 bits per heavy atom. The summed E-state index contributed by atoms with van der Waals surface area (Å²) in [5.41, 5.74) is 0.397. The molecule has 0 aromatic heterocycles. The second-order valence-corrected chi connectivity index (χ2v) is 4.11. The maximum absolute atomic E-state index is 3.31. The monoisotopic (exact) mass is 169 g/mol. The Labute approximate surface area is 77.2 Å². The van der Waals surface area contributed by atoms with Gasteiger partial charge in [-0.05, 0) is 39.2 Å². The quantitative estimate of drug-likeness (QED) is 0.624. The number of nitrogens with one attached hydrogen (secondary N) is 1. The standard InChI is InChI=1S/C11H23N/c1-6-7-8-9-11(3,4)10(2)12-5/h6-7,10,12H,8-9H2,1-5H3/b7-6+. The van der Waals surface area contributed by atoms with Gasteiger partial charge in [-0.15, -0.1) is 0 Å². The summed E-state index contributed by atoms with van der Waals surface area (Å²) in [5, 5.41) is 3.31. The van der Waals surface area contributed by atoms with Crippen molar-refractivity contribution in [2.75, 3.05) is 7.05 Å². The van der Waals surface area contributed by atoms with Crippen LogP contribution in [0.5, 0.6) is 0 Å². The Morgan fingerprint density at radius 3 is 2.42 bits per heavy atom. The number of hydrogen-bond donors (Lipinski definition) is 1. The second-order valence-electron chi connectivity index (χ2n) is 4.11. The minimum absolute atomic E-state index is 0.397. The molecule has 12 heavy (non-hydrogen) atoms. The summed E-state index contributed by atoms with van der Waals surface area (Å²) in [4.78, 5) is 0. The van der Waals surface area contributed by atoms with E-state index in [0.717, 1.165) is 0 Å². The summed E-state index contributed by atoms with van der Waals surface area (Å²) < 4.78 is 0. The molecule has 1 N–H and O–H groups in total. The van der Waals surface area contributed by atoms with E-state index < -0.39 is 0 Å². The van der Waals surface area contributed by atoms with Gasteiger partial charge in [-0.2, -0.15) is 0 Å². The van der Waals surface area contributed by atoms with Crippen molar-refractivity contribution < 1.29 is 0 Å². The van der Waals surface area contributed by atoms with E-state index in [0.29, 0.717) is 11.5 Å². The first-order chi connectivity index (χ1) is 5.54. The molecular formula is C11H23N. The fourth-order valence-electron chi connectivity index (χ4n) is 1.23. The van der Waals surface area contributed by atoms with Crippen molar-refractivity contribution in [1.82, 2.24) is 5.32 Å². The van der Waals surface area contributed by atoms with Gasteiger partial charge in [-0.3, -0.25) is 0 Å². The van der Waals surface area contributed by atoms with Gasteiger partial charge in [0.1, 0.15) is 0 Å². The van der Waals surface area contributed by atoms with Crippen LogP contribution in [-0.4, -0.2) is 13.1 Å². The van der Waals surface area contributed by atoms with Crippen molar-refractivity contribution in [2.45, 2.75) is 46.6 Å². The summed E-state index contributed by atoms with van der Waals surface area (Å²) in [6, 6.07) is 0.586. The van der Waals surface area contributed by atoms with Gasteiger partial charge in [0.2, 0.25) is 0 Å². The molecule has 0 rings (SSSR count). The molecule has 0 aromatic carbocycles. The zero-order valence-electron chi connectivity index (χ0n) is 9.15. The second kappa shape index (κ2) is 5.36. The maximum Gasteiger partial charge on any atom is 0.00870 e. The van der Waals surface area contributed by atoms with E-state index in [9.17, 15) is 0 Å². The molecular weight excluding hydrogens is 146 g/mol. The van der Waals surface area contributed by atoms with Crippen LogP contribution >= 0.6 is 0 Å². The highest BCUT2D eigenvalue weighted by atomic mass is 14.9. The van der Waals surface area contributed by atoms with Gasteiger partial charge in [0.05, 0.1) is 0 Å². The van der Waals surface area contributed by atoms with Gasteiger partial charge in [0.15, 0.2) is 0 Å². The predicted octanol–water partition coefficient (Wildman–Crippen LogP) is 2.98. The highest BCUT2D eigenvalue weighted by Crippen LogP contribution is 2.26. The van der Waals surface area contributed by atoms with E-state index in [-0.39, 0.29) is 0 Å². The van der Waals surface area contributed by atoms with Gasteiger partial charge in [0, 0.05) is 6.04 Å². The third-order valence-electron chi connectivity index (χ3n) is 2.80. The fraction of sp³-hybridized carbons (Fsp3) is 0.818. The third kappa shape index (κ3) is 3.91. The van der Waals surface area contributed by atoms with Crippen LogP contribution in [0.3, 0.4) is 0 Å². The lowest BCUT2D eigenvalue weighted by atomic mass is 9.81. The zero-order valence-corrected chi connectivity index (χ0v) is 9.15. The van der Waals surface area contributed by atoms with E-state index >= 15 is 0 Å². The van der Waals surface area contributed by atoms with E-state index in [4.69, 9.17) is 0 Å². The normalized spacial score (nSPS) is 15.4. The molecule has 1 atom stereocenters. The Kier molecular flexibility index (Phi) is 5.23. The molecule has 0 amide bonds. The molecule has 0 radical (unpaired) electrons. The lowest BCUT2D eigenvalue weighted by Crippen LogP contribution is -2.37. The molecule has 0 fully saturated rings. The van der Waals surface area contributed by atoms with Crippen LogP contribution in [0.15, 0.2) is 12.2 Å². The van der Waals surface area contributed by atoms with E-state index in [2.05, 4.69) is 45.2 Å². The first-order valence-electron chi connectivity index (χ1n) is 4.83. The molecule has 1 heteroatoms. The molecule has 0 aromatic rings. The topological polar surface area (TPSA) is 12.0 Å². The summed E-state index contributed by atoms with van der Waals surface area (Å²) >= 11 is 0. The number of rotatable bonds is 5. The fourth-order valence-corrected chi connectivity index (χ4v) is 1.23. The van der Waals surface area contributed by atoms with E-state index in [1.54, 1.807) is 0 Å². The Morgan fingerprint density at radius 1 is 1.42 bits per heavy atom. The van der Waals surface area contributed by atoms with Crippen molar-refractivity contribution in [3.8, 4) is 0 Å². The van der Waals surface area contributed by atoms with Crippen LogP contribution in [0.2, 0.25) is 0 Å². The van der Waals surface area contributed by atoms with Crippen LogP contribution in [0.1, 0.15) is 40.5 Å². The lowest BCUT2D eigenvalue weighted by molar-refractivity contribution is 0.249. The maximum atomic E-state index is 3.31. The Balaban J connectivity index is 3.85. The molecule has 1 nitrogen and oxygen atoms in total. The molecule has 0 aliphatic rings. The highest BCUT2D eigenvalue weighted by molar-refractivity contribution is 4.85. The van der Waals surface area contributed by atoms with Crippen molar-refractivity contribution in [3.63, 3.8) is 0 Å². The van der Waals surface area contributed by atoms with Crippen molar-refractivity contribution >= 4 is 0 Å². The average molecular weight is 169 g/mol.